The molecule has 1 amide bonds. The number of nitrogens with zero attached hydrogens (tertiary/aromatic N) is 1. The first-order chi connectivity index (χ1) is 12.4. The van der Waals surface area contributed by atoms with Gasteiger partial charge in [-0.05, 0) is 49.6 Å². The molecule has 0 saturated carbocycles. The van der Waals surface area contributed by atoms with Gasteiger partial charge in [-0.2, -0.15) is 4.31 Å². The zero-order valence-electron chi connectivity index (χ0n) is 14.5. The van der Waals surface area contributed by atoms with Gasteiger partial charge < -0.3 is 5.32 Å². The van der Waals surface area contributed by atoms with Gasteiger partial charge in [-0.1, -0.05) is 36.2 Å². The van der Waals surface area contributed by atoms with Crippen LogP contribution in [0.3, 0.4) is 0 Å². The minimum atomic E-state index is -3.60. The second-order valence-corrected chi connectivity index (χ2v) is 8.69. The van der Waals surface area contributed by atoms with Gasteiger partial charge in [-0.15, -0.1) is 0 Å². The maximum atomic E-state index is 13.0. The van der Waals surface area contributed by atoms with Crippen molar-refractivity contribution < 1.29 is 13.2 Å². The number of carbonyl (C=O) groups excluding carboxylic acids is 1. The molecule has 1 aliphatic rings. The summed E-state index contributed by atoms with van der Waals surface area (Å²) in [5.74, 6) is -0.395. The van der Waals surface area contributed by atoms with E-state index in [0.717, 1.165) is 19.3 Å². The van der Waals surface area contributed by atoms with Gasteiger partial charge in [0, 0.05) is 18.7 Å². The van der Waals surface area contributed by atoms with Gasteiger partial charge in [0.05, 0.1) is 15.6 Å². The lowest BCUT2D eigenvalue weighted by molar-refractivity contribution is 0.102. The van der Waals surface area contributed by atoms with Crippen LogP contribution >= 0.6 is 11.6 Å². The molecule has 3 rings (SSSR count). The van der Waals surface area contributed by atoms with Crippen molar-refractivity contribution in [3.63, 3.8) is 0 Å². The zero-order chi connectivity index (χ0) is 18.7. The number of para-hydroxylation sites is 1. The molecule has 138 valence electrons. The van der Waals surface area contributed by atoms with Crippen LogP contribution in [0.25, 0.3) is 0 Å². The summed E-state index contributed by atoms with van der Waals surface area (Å²) >= 11 is 6.07. The average Bonchev–Trinajstić information content (AvgIpc) is 2.64. The maximum absolute atomic E-state index is 13.0. The van der Waals surface area contributed by atoms with E-state index in [2.05, 4.69) is 5.32 Å². The smallest absolute Gasteiger partial charge is 0.255 e. The Labute approximate surface area is 159 Å². The SMILES string of the molecule is Cc1ccc(C(=O)Nc2ccccc2Cl)cc1S(=O)(=O)N1CCCCC1. The van der Waals surface area contributed by atoms with E-state index in [9.17, 15) is 13.2 Å². The summed E-state index contributed by atoms with van der Waals surface area (Å²) in [6, 6.07) is 11.6. The summed E-state index contributed by atoms with van der Waals surface area (Å²) in [5.41, 5.74) is 1.40. The molecule has 0 unspecified atom stereocenters. The van der Waals surface area contributed by atoms with Crippen LogP contribution < -0.4 is 5.32 Å². The number of benzene rings is 2. The van der Waals surface area contributed by atoms with Crippen LogP contribution in [-0.2, 0) is 10.0 Å². The molecule has 1 fully saturated rings. The Balaban J connectivity index is 1.90. The summed E-state index contributed by atoms with van der Waals surface area (Å²) in [7, 11) is -3.60. The van der Waals surface area contributed by atoms with Crippen molar-refractivity contribution >= 4 is 33.2 Å². The minimum absolute atomic E-state index is 0.186. The fraction of sp³-hybridized carbons (Fsp3) is 0.316. The molecule has 0 bridgehead atoms. The Hall–Kier alpha value is -1.89. The number of carbonyl (C=O) groups is 1. The highest BCUT2D eigenvalue weighted by Gasteiger charge is 2.28. The van der Waals surface area contributed by atoms with Crippen LogP contribution in [0, 0.1) is 6.92 Å². The van der Waals surface area contributed by atoms with E-state index in [1.54, 1.807) is 43.3 Å². The largest absolute Gasteiger partial charge is 0.321 e. The van der Waals surface area contributed by atoms with E-state index in [4.69, 9.17) is 11.6 Å². The lowest BCUT2D eigenvalue weighted by Gasteiger charge is -2.26. The van der Waals surface area contributed by atoms with Crippen molar-refractivity contribution in [2.75, 3.05) is 18.4 Å². The molecule has 0 spiro atoms. The summed E-state index contributed by atoms with van der Waals surface area (Å²) in [4.78, 5) is 12.7. The van der Waals surface area contributed by atoms with E-state index in [-0.39, 0.29) is 10.5 Å². The number of aryl methyl sites for hydroxylation is 1. The van der Waals surface area contributed by atoms with Gasteiger partial charge in [0.15, 0.2) is 0 Å². The van der Waals surface area contributed by atoms with Gasteiger partial charge in [-0.3, -0.25) is 4.79 Å². The number of piperidine rings is 1. The molecule has 1 heterocycles. The summed E-state index contributed by atoms with van der Waals surface area (Å²) in [5, 5.41) is 3.15. The summed E-state index contributed by atoms with van der Waals surface area (Å²) in [6.45, 7) is 2.79. The van der Waals surface area contributed by atoms with Crippen LogP contribution in [0.2, 0.25) is 5.02 Å². The number of sulfonamides is 1. The minimum Gasteiger partial charge on any atom is -0.321 e. The number of amides is 1. The van der Waals surface area contributed by atoms with E-state index < -0.39 is 15.9 Å². The lowest BCUT2D eigenvalue weighted by Crippen LogP contribution is -2.36. The number of rotatable bonds is 4. The van der Waals surface area contributed by atoms with E-state index in [1.165, 1.54) is 10.4 Å². The van der Waals surface area contributed by atoms with Gasteiger partial charge in [0.1, 0.15) is 0 Å². The number of nitrogens with one attached hydrogen (secondary N) is 1. The molecule has 26 heavy (non-hydrogen) atoms. The van der Waals surface area contributed by atoms with Crippen molar-refractivity contribution in [2.45, 2.75) is 31.1 Å². The zero-order valence-corrected chi connectivity index (χ0v) is 16.1. The first-order valence-corrected chi connectivity index (χ1v) is 10.4. The molecule has 2 aromatic carbocycles. The molecule has 5 nitrogen and oxygen atoms in total. The van der Waals surface area contributed by atoms with Crippen molar-refractivity contribution in [3.8, 4) is 0 Å². The molecule has 2 aromatic rings. The van der Waals surface area contributed by atoms with E-state index in [1.807, 2.05) is 0 Å². The number of hydrogen-bond acceptors (Lipinski definition) is 3. The van der Waals surface area contributed by atoms with Crippen LogP contribution in [0.1, 0.15) is 35.2 Å². The van der Waals surface area contributed by atoms with Crippen LogP contribution in [-0.4, -0.2) is 31.7 Å². The van der Waals surface area contributed by atoms with Gasteiger partial charge >= 0.3 is 0 Å². The number of anilines is 1. The topological polar surface area (TPSA) is 66.5 Å². The second-order valence-electron chi connectivity index (χ2n) is 6.38. The van der Waals surface area contributed by atoms with Crippen molar-refractivity contribution in [2.24, 2.45) is 0 Å². The maximum Gasteiger partial charge on any atom is 0.255 e. The normalized spacial score (nSPS) is 15.6. The average molecular weight is 393 g/mol. The molecule has 0 aliphatic carbocycles. The third-order valence-electron chi connectivity index (χ3n) is 4.51. The highest BCUT2D eigenvalue weighted by Crippen LogP contribution is 2.26. The molecule has 0 atom stereocenters. The molecule has 1 aliphatic heterocycles. The van der Waals surface area contributed by atoms with Gasteiger partial charge in [-0.25, -0.2) is 8.42 Å². The summed E-state index contributed by atoms with van der Waals surface area (Å²) < 4.78 is 27.4. The van der Waals surface area contributed by atoms with Gasteiger partial charge in [0.25, 0.3) is 5.91 Å². The molecule has 7 heteroatoms. The first-order valence-electron chi connectivity index (χ1n) is 8.56. The number of hydrogen-bond donors (Lipinski definition) is 1. The standard InChI is InChI=1S/C19H21ClN2O3S/c1-14-9-10-15(19(23)21-17-8-4-3-7-16(17)20)13-18(14)26(24,25)22-11-5-2-6-12-22/h3-4,7-10,13H,2,5-6,11-12H2,1H3,(H,21,23). The third-order valence-corrected chi connectivity index (χ3v) is 6.88. The third kappa shape index (κ3) is 3.92. The fourth-order valence-corrected chi connectivity index (χ4v) is 4.97. The van der Waals surface area contributed by atoms with Crippen LogP contribution in [0.5, 0.6) is 0 Å². The van der Waals surface area contributed by atoms with Crippen molar-refractivity contribution in [1.29, 1.82) is 0 Å². The first kappa shape index (κ1) is 18.9. The Morgan fingerprint density at radius 3 is 2.46 bits per heavy atom. The van der Waals surface area contributed by atoms with E-state index in [0.29, 0.717) is 29.4 Å². The summed E-state index contributed by atoms with van der Waals surface area (Å²) in [6.07, 6.45) is 2.78. The molecular weight excluding hydrogens is 372 g/mol. The molecule has 1 saturated heterocycles. The molecule has 0 aromatic heterocycles. The molecule has 0 radical (unpaired) electrons. The quantitative estimate of drug-likeness (QED) is 0.852. The highest BCUT2D eigenvalue weighted by molar-refractivity contribution is 7.89. The highest BCUT2D eigenvalue weighted by atomic mass is 35.5. The van der Waals surface area contributed by atoms with Crippen molar-refractivity contribution in [1.82, 2.24) is 4.31 Å². The fourth-order valence-electron chi connectivity index (χ4n) is 3.02. The predicted molar refractivity (Wildman–Crippen MR) is 103 cm³/mol. The molecule has 1 N–H and O–H groups in total. The van der Waals surface area contributed by atoms with Crippen molar-refractivity contribution in [3.05, 3.63) is 58.6 Å². The van der Waals surface area contributed by atoms with Gasteiger partial charge in [0.2, 0.25) is 10.0 Å². The Morgan fingerprint density at radius 2 is 1.77 bits per heavy atom. The monoisotopic (exact) mass is 392 g/mol. The molecular formula is C19H21ClN2O3S. The number of halogens is 1. The Bertz CT molecular complexity index is 922. The van der Waals surface area contributed by atoms with Crippen LogP contribution in [0.4, 0.5) is 5.69 Å². The second kappa shape index (κ2) is 7.78. The Morgan fingerprint density at radius 1 is 1.08 bits per heavy atom. The van der Waals surface area contributed by atoms with Crippen LogP contribution in [0.15, 0.2) is 47.4 Å². The lowest BCUT2D eigenvalue weighted by atomic mass is 10.1. The van der Waals surface area contributed by atoms with E-state index >= 15 is 0 Å². The predicted octanol–water partition coefficient (Wildman–Crippen LogP) is 4.08. The Kier molecular flexibility index (Phi) is 5.65.